The first-order chi connectivity index (χ1) is 10.1. The van der Waals surface area contributed by atoms with E-state index < -0.39 is 12.0 Å². The molecule has 2 rings (SSSR count). The summed E-state index contributed by atoms with van der Waals surface area (Å²) in [4.78, 5) is 15.2. The van der Waals surface area contributed by atoms with Gasteiger partial charge in [0.1, 0.15) is 6.04 Å². The van der Waals surface area contributed by atoms with Crippen molar-refractivity contribution in [3.05, 3.63) is 41.4 Å². The van der Waals surface area contributed by atoms with Gasteiger partial charge in [0.05, 0.1) is 12.7 Å². The van der Waals surface area contributed by atoms with Crippen LogP contribution in [0.4, 0.5) is 0 Å². The molecule has 5 nitrogen and oxygen atoms in total. The van der Waals surface area contributed by atoms with E-state index in [1.807, 2.05) is 19.1 Å². The molecule has 2 N–H and O–H groups in total. The highest BCUT2D eigenvalue weighted by atomic mass is 35.5. The van der Waals surface area contributed by atoms with Crippen LogP contribution in [0.25, 0.3) is 11.3 Å². The number of benzene rings is 1. The summed E-state index contributed by atoms with van der Waals surface area (Å²) in [6.45, 7) is 2.22. The van der Waals surface area contributed by atoms with Crippen LogP contribution < -0.4 is 5.32 Å². The molecule has 0 saturated carbocycles. The van der Waals surface area contributed by atoms with Crippen LogP contribution in [0.1, 0.15) is 25.7 Å². The van der Waals surface area contributed by atoms with E-state index in [2.05, 4.69) is 10.3 Å². The molecule has 1 heterocycles. The van der Waals surface area contributed by atoms with Gasteiger partial charge in [-0.25, -0.2) is 4.98 Å². The number of carboxylic acid groups (broad SMARTS) is 1. The number of nitrogens with one attached hydrogen (secondary N) is 1. The Kier molecular flexibility index (Phi) is 5.36. The Morgan fingerprint density at radius 3 is 3.00 bits per heavy atom. The summed E-state index contributed by atoms with van der Waals surface area (Å²) in [6.07, 6.45) is 2.97. The molecular formula is C15H17ClN2O3. The number of rotatable bonds is 7. The maximum Gasteiger partial charge on any atom is 0.320 e. The smallest absolute Gasteiger partial charge is 0.320 e. The third kappa shape index (κ3) is 4.31. The molecule has 6 heteroatoms. The zero-order valence-corrected chi connectivity index (χ0v) is 12.4. The van der Waals surface area contributed by atoms with Crippen molar-refractivity contribution < 1.29 is 14.3 Å². The molecule has 0 aliphatic rings. The number of hydrogen-bond donors (Lipinski definition) is 2. The summed E-state index contributed by atoms with van der Waals surface area (Å²) >= 11 is 5.93. The Hall–Kier alpha value is -1.85. The largest absolute Gasteiger partial charge is 0.480 e. The predicted molar refractivity (Wildman–Crippen MR) is 80.1 cm³/mol. The van der Waals surface area contributed by atoms with Crippen molar-refractivity contribution >= 4 is 17.6 Å². The number of carboxylic acids is 1. The van der Waals surface area contributed by atoms with E-state index in [1.54, 1.807) is 18.3 Å². The zero-order chi connectivity index (χ0) is 15.2. The van der Waals surface area contributed by atoms with Crippen molar-refractivity contribution in [2.24, 2.45) is 0 Å². The van der Waals surface area contributed by atoms with Gasteiger partial charge in [0.2, 0.25) is 5.89 Å². The first kappa shape index (κ1) is 15.5. The first-order valence-corrected chi connectivity index (χ1v) is 7.14. The Labute approximate surface area is 128 Å². The highest BCUT2D eigenvalue weighted by Gasteiger charge is 2.16. The normalized spacial score (nSPS) is 12.3. The summed E-state index contributed by atoms with van der Waals surface area (Å²) < 4.78 is 5.61. The maximum absolute atomic E-state index is 11.0. The van der Waals surface area contributed by atoms with Gasteiger partial charge in [0, 0.05) is 10.6 Å². The number of aromatic nitrogens is 1. The second-order valence-corrected chi connectivity index (χ2v) is 5.13. The van der Waals surface area contributed by atoms with Crippen molar-refractivity contribution in [3.63, 3.8) is 0 Å². The minimum absolute atomic E-state index is 0.275. The molecule has 0 bridgehead atoms. The summed E-state index contributed by atoms with van der Waals surface area (Å²) in [6, 6.07) is 6.69. The Morgan fingerprint density at radius 2 is 2.33 bits per heavy atom. The van der Waals surface area contributed by atoms with E-state index >= 15 is 0 Å². The van der Waals surface area contributed by atoms with E-state index in [1.165, 1.54) is 0 Å². The second-order valence-electron chi connectivity index (χ2n) is 4.69. The molecule has 0 fully saturated rings. The van der Waals surface area contributed by atoms with Crippen LogP contribution in [0.5, 0.6) is 0 Å². The number of hydrogen-bond acceptors (Lipinski definition) is 4. The molecule has 0 saturated heterocycles. The molecule has 1 aromatic carbocycles. The van der Waals surface area contributed by atoms with Crippen LogP contribution in [0.2, 0.25) is 5.02 Å². The minimum atomic E-state index is -0.863. The lowest BCUT2D eigenvalue weighted by Gasteiger charge is -2.11. The number of carbonyl (C=O) groups is 1. The fourth-order valence-corrected chi connectivity index (χ4v) is 2.17. The number of aliphatic carboxylic acids is 1. The quantitative estimate of drug-likeness (QED) is 0.820. The molecule has 112 valence electrons. The van der Waals surface area contributed by atoms with E-state index in [4.69, 9.17) is 21.1 Å². The monoisotopic (exact) mass is 308 g/mol. The van der Waals surface area contributed by atoms with Crippen LogP contribution in [0.15, 0.2) is 34.9 Å². The Balaban J connectivity index is 2.02. The van der Waals surface area contributed by atoms with Gasteiger partial charge in [0.25, 0.3) is 0 Å². The zero-order valence-electron chi connectivity index (χ0n) is 11.7. The summed E-state index contributed by atoms with van der Waals surface area (Å²) in [5.74, 6) is 0.197. The summed E-state index contributed by atoms with van der Waals surface area (Å²) in [5.41, 5.74) is 0.838. The molecule has 1 aromatic heterocycles. The molecule has 0 aliphatic carbocycles. The second kappa shape index (κ2) is 7.24. The molecular weight excluding hydrogens is 292 g/mol. The van der Waals surface area contributed by atoms with Crippen molar-refractivity contribution in [3.8, 4) is 11.3 Å². The van der Waals surface area contributed by atoms with Crippen LogP contribution in [-0.4, -0.2) is 22.1 Å². The van der Waals surface area contributed by atoms with Gasteiger partial charge in [-0.1, -0.05) is 37.1 Å². The van der Waals surface area contributed by atoms with Gasteiger partial charge in [-0.05, 0) is 18.6 Å². The van der Waals surface area contributed by atoms with Crippen LogP contribution in [0, 0.1) is 0 Å². The predicted octanol–water partition coefficient (Wildman–Crippen LogP) is 3.34. The van der Waals surface area contributed by atoms with Gasteiger partial charge in [-0.2, -0.15) is 0 Å². The third-order valence-corrected chi connectivity index (χ3v) is 3.27. The summed E-state index contributed by atoms with van der Waals surface area (Å²) in [5, 5.41) is 12.6. The van der Waals surface area contributed by atoms with E-state index in [0.29, 0.717) is 23.1 Å². The molecule has 0 radical (unpaired) electrons. The van der Waals surface area contributed by atoms with Crippen LogP contribution in [0.3, 0.4) is 0 Å². The minimum Gasteiger partial charge on any atom is -0.480 e. The van der Waals surface area contributed by atoms with Gasteiger partial charge < -0.3 is 9.52 Å². The lowest BCUT2D eigenvalue weighted by molar-refractivity contribution is -0.139. The molecule has 0 amide bonds. The third-order valence-electron chi connectivity index (χ3n) is 3.04. The van der Waals surface area contributed by atoms with E-state index in [0.717, 1.165) is 12.0 Å². The molecule has 1 unspecified atom stereocenters. The first-order valence-electron chi connectivity index (χ1n) is 6.77. The standard InChI is InChI=1S/C15H17ClN2O3/c1-2-4-12(15(19)20)17-9-14-18-8-13(21-14)10-5-3-6-11(16)7-10/h3,5-8,12,17H,2,4,9H2,1H3,(H,19,20). The van der Waals surface area contributed by atoms with Gasteiger partial charge in [-0.3, -0.25) is 10.1 Å². The maximum atomic E-state index is 11.0. The van der Waals surface area contributed by atoms with Crippen molar-refractivity contribution in [1.29, 1.82) is 0 Å². The van der Waals surface area contributed by atoms with E-state index in [9.17, 15) is 4.79 Å². The highest BCUT2D eigenvalue weighted by molar-refractivity contribution is 6.30. The van der Waals surface area contributed by atoms with Gasteiger partial charge in [0.15, 0.2) is 5.76 Å². The van der Waals surface area contributed by atoms with Gasteiger partial charge >= 0.3 is 5.97 Å². The molecule has 21 heavy (non-hydrogen) atoms. The van der Waals surface area contributed by atoms with Gasteiger partial charge in [-0.15, -0.1) is 0 Å². The SMILES string of the molecule is CCCC(NCc1ncc(-c2cccc(Cl)c2)o1)C(=O)O. The number of oxazole rings is 1. The lowest BCUT2D eigenvalue weighted by Crippen LogP contribution is -2.36. The fourth-order valence-electron chi connectivity index (χ4n) is 1.98. The number of nitrogens with zero attached hydrogens (tertiary/aromatic N) is 1. The van der Waals surface area contributed by atoms with Crippen LogP contribution in [-0.2, 0) is 11.3 Å². The van der Waals surface area contributed by atoms with Crippen LogP contribution >= 0.6 is 11.6 Å². The average Bonchev–Trinajstić information content (AvgIpc) is 2.92. The molecule has 2 aromatic rings. The van der Waals surface area contributed by atoms with Crippen molar-refractivity contribution in [2.45, 2.75) is 32.4 Å². The Bertz CT molecular complexity index is 612. The number of halogens is 1. The molecule has 0 aliphatic heterocycles. The summed E-state index contributed by atoms with van der Waals surface area (Å²) in [7, 11) is 0. The lowest BCUT2D eigenvalue weighted by atomic mass is 10.2. The topological polar surface area (TPSA) is 75.4 Å². The van der Waals surface area contributed by atoms with Crippen molar-refractivity contribution in [2.75, 3.05) is 0 Å². The highest BCUT2D eigenvalue weighted by Crippen LogP contribution is 2.23. The average molecular weight is 309 g/mol. The fraction of sp³-hybridized carbons (Fsp3) is 0.333. The van der Waals surface area contributed by atoms with E-state index in [-0.39, 0.29) is 6.54 Å². The van der Waals surface area contributed by atoms with Crippen molar-refractivity contribution in [1.82, 2.24) is 10.3 Å². The Morgan fingerprint density at radius 1 is 1.52 bits per heavy atom. The molecule has 1 atom stereocenters. The molecule has 0 spiro atoms.